The number of nitrogen functional groups attached to an aromatic ring is 1. The molecule has 2 amide bonds. The van der Waals surface area contributed by atoms with Crippen LogP contribution in [-0.4, -0.2) is 94.8 Å². The van der Waals surface area contributed by atoms with E-state index in [1.165, 1.54) is 24.9 Å². The van der Waals surface area contributed by atoms with E-state index in [9.17, 15) is 24.3 Å². The van der Waals surface area contributed by atoms with Gasteiger partial charge in [-0.05, 0) is 28.1 Å². The highest BCUT2D eigenvalue weighted by molar-refractivity contribution is 8.01. The van der Waals surface area contributed by atoms with E-state index in [0.717, 1.165) is 21.3 Å². The van der Waals surface area contributed by atoms with Crippen LogP contribution >= 0.6 is 23.5 Å². The Kier molecular flexibility index (Phi) is 7.63. The van der Waals surface area contributed by atoms with Crippen molar-refractivity contribution in [3.63, 3.8) is 0 Å². The number of benzene rings is 1. The van der Waals surface area contributed by atoms with Gasteiger partial charge in [-0.15, -0.1) is 16.9 Å². The van der Waals surface area contributed by atoms with Gasteiger partial charge in [0, 0.05) is 22.8 Å². The van der Waals surface area contributed by atoms with Gasteiger partial charge in [0.2, 0.25) is 5.16 Å². The van der Waals surface area contributed by atoms with E-state index in [-0.39, 0.29) is 28.1 Å². The number of aromatic nitrogens is 4. The summed E-state index contributed by atoms with van der Waals surface area (Å²) in [6.45, 7) is -0.451. The molecule has 1 unspecified atom stereocenters. The number of carbonyl (C=O) groups is 4. The summed E-state index contributed by atoms with van der Waals surface area (Å²) in [6.07, 6.45) is 0. The van der Waals surface area contributed by atoms with Crippen LogP contribution in [0.2, 0.25) is 0 Å². The zero-order valence-corrected chi connectivity index (χ0v) is 20.7. The second kappa shape index (κ2) is 10.9. The number of thioether (sulfide) groups is 2. The van der Waals surface area contributed by atoms with Crippen LogP contribution in [0.1, 0.15) is 5.56 Å². The van der Waals surface area contributed by atoms with Crippen LogP contribution in [0.3, 0.4) is 0 Å². The van der Waals surface area contributed by atoms with Crippen LogP contribution in [0.25, 0.3) is 0 Å². The second-order valence-electron chi connectivity index (χ2n) is 7.67. The number of carboxylic acid groups (broad SMARTS) is 2. The fourth-order valence-corrected chi connectivity index (χ4v) is 6.05. The molecule has 2 aliphatic rings. The Morgan fingerprint density at radius 3 is 2.81 bits per heavy atom. The van der Waals surface area contributed by atoms with Crippen LogP contribution < -0.4 is 11.1 Å². The lowest BCUT2D eigenvalue weighted by molar-refractivity contribution is -0.150. The van der Waals surface area contributed by atoms with Gasteiger partial charge in [-0.1, -0.05) is 29.1 Å². The Bertz CT molecular complexity index is 1330. The first-order valence-corrected chi connectivity index (χ1v) is 12.5. The lowest BCUT2D eigenvalue weighted by Gasteiger charge is -2.49. The number of nitrogens with zero attached hydrogens (tertiary/aromatic N) is 6. The van der Waals surface area contributed by atoms with Crippen molar-refractivity contribution in [1.82, 2.24) is 30.4 Å². The number of hydrogen-bond donors (Lipinski definition) is 4. The van der Waals surface area contributed by atoms with E-state index in [1.54, 1.807) is 18.2 Å². The van der Waals surface area contributed by atoms with E-state index in [1.807, 2.05) is 0 Å². The number of aliphatic carboxylic acids is 2. The lowest BCUT2D eigenvalue weighted by atomic mass is 10.0. The summed E-state index contributed by atoms with van der Waals surface area (Å²) in [6, 6.07) is 5.44. The molecule has 0 radical (unpaired) electrons. The number of rotatable bonds is 10. The van der Waals surface area contributed by atoms with Crippen molar-refractivity contribution in [1.29, 1.82) is 0 Å². The van der Waals surface area contributed by atoms with Gasteiger partial charge in [-0.3, -0.25) is 19.3 Å². The minimum atomic E-state index is -1.30. The summed E-state index contributed by atoms with van der Waals surface area (Å²) in [5.41, 5.74) is 6.73. The smallest absolute Gasteiger partial charge is 0.352 e. The summed E-state index contributed by atoms with van der Waals surface area (Å²) in [5, 5.41) is 35.5. The molecule has 2 atom stereocenters. The molecule has 15 nitrogen and oxygen atoms in total. The molecule has 0 spiro atoms. The van der Waals surface area contributed by atoms with Gasteiger partial charge < -0.3 is 26.1 Å². The summed E-state index contributed by atoms with van der Waals surface area (Å²) < 4.78 is 1.08. The maximum atomic E-state index is 13.0. The molecule has 37 heavy (non-hydrogen) atoms. The topological polar surface area (TPSA) is 215 Å². The molecule has 0 bridgehead atoms. The van der Waals surface area contributed by atoms with E-state index in [2.05, 4.69) is 26.0 Å². The number of anilines is 1. The predicted octanol–water partition coefficient (Wildman–Crippen LogP) is -0.779. The molecular formula is C20H20N8O7S2. The van der Waals surface area contributed by atoms with Gasteiger partial charge in [0.25, 0.3) is 11.8 Å². The summed E-state index contributed by atoms with van der Waals surface area (Å²) in [4.78, 5) is 54.9. The van der Waals surface area contributed by atoms with Crippen molar-refractivity contribution in [3.8, 4) is 0 Å². The lowest BCUT2D eigenvalue weighted by Crippen LogP contribution is -2.71. The molecule has 4 rings (SSSR count). The number of fused-ring (bicyclic) bond motifs is 1. The van der Waals surface area contributed by atoms with Crippen LogP contribution in [0.5, 0.6) is 0 Å². The fourth-order valence-electron chi connectivity index (χ4n) is 3.69. The average Bonchev–Trinajstić information content (AvgIpc) is 3.29. The molecule has 0 aliphatic carbocycles. The van der Waals surface area contributed by atoms with Crippen molar-refractivity contribution in [3.05, 3.63) is 41.1 Å². The Morgan fingerprint density at radius 1 is 1.35 bits per heavy atom. The maximum Gasteiger partial charge on any atom is 0.352 e. The molecule has 0 saturated carbocycles. The molecule has 1 aromatic heterocycles. The van der Waals surface area contributed by atoms with Gasteiger partial charge >= 0.3 is 11.9 Å². The maximum absolute atomic E-state index is 13.0. The summed E-state index contributed by atoms with van der Waals surface area (Å²) in [5.74, 6) is -3.34. The van der Waals surface area contributed by atoms with Crippen molar-refractivity contribution in [2.24, 2.45) is 5.16 Å². The van der Waals surface area contributed by atoms with Gasteiger partial charge in [-0.25, -0.2) is 9.48 Å². The molecule has 1 saturated heterocycles. The normalized spacial score (nSPS) is 19.2. The number of oxime groups is 1. The number of amides is 2. The zero-order valence-electron chi connectivity index (χ0n) is 19.1. The van der Waals surface area contributed by atoms with Crippen molar-refractivity contribution < 1.29 is 34.2 Å². The molecule has 17 heteroatoms. The predicted molar refractivity (Wildman–Crippen MR) is 130 cm³/mol. The van der Waals surface area contributed by atoms with Crippen LogP contribution in [0, 0.1) is 0 Å². The number of carbonyl (C=O) groups excluding carboxylic acids is 2. The first kappa shape index (κ1) is 26.0. The largest absolute Gasteiger partial charge is 0.480 e. The van der Waals surface area contributed by atoms with Crippen LogP contribution in [0.4, 0.5) is 5.69 Å². The number of nitrogens with two attached hydrogens (primary N) is 1. The highest BCUT2D eigenvalue weighted by Crippen LogP contribution is 2.41. The molecule has 1 aromatic carbocycles. The Labute approximate surface area is 217 Å². The van der Waals surface area contributed by atoms with Gasteiger partial charge in [0.15, 0.2) is 5.71 Å². The summed E-state index contributed by atoms with van der Waals surface area (Å²) in [7, 11) is 1.27. The van der Waals surface area contributed by atoms with Gasteiger partial charge in [0.05, 0.1) is 0 Å². The first-order chi connectivity index (χ1) is 17.7. The molecule has 2 aromatic rings. The third kappa shape index (κ3) is 5.36. The minimum absolute atomic E-state index is 0.0907. The van der Waals surface area contributed by atoms with E-state index < -0.39 is 41.7 Å². The summed E-state index contributed by atoms with van der Waals surface area (Å²) >= 11 is 2.34. The quantitative estimate of drug-likeness (QED) is 0.0943. The van der Waals surface area contributed by atoms with Gasteiger partial charge in [-0.2, -0.15) is 0 Å². The van der Waals surface area contributed by atoms with Crippen LogP contribution in [0.15, 0.2) is 45.8 Å². The molecule has 194 valence electrons. The number of hydrogen-bond acceptors (Lipinski definition) is 12. The molecule has 5 N–H and O–H groups in total. The van der Waals surface area contributed by atoms with Crippen molar-refractivity contribution >= 4 is 58.7 Å². The number of β-lactam (4-membered cyclic amide) rings is 1. The number of tetrazole rings is 1. The van der Waals surface area contributed by atoms with E-state index in [4.69, 9.17) is 15.7 Å². The third-order valence-corrected chi connectivity index (χ3v) is 7.64. The van der Waals surface area contributed by atoms with Gasteiger partial charge in [0.1, 0.15) is 30.8 Å². The highest BCUT2D eigenvalue weighted by atomic mass is 32.2. The van der Waals surface area contributed by atoms with E-state index in [0.29, 0.717) is 16.8 Å². The molecule has 3 heterocycles. The second-order valence-corrected chi connectivity index (χ2v) is 9.72. The minimum Gasteiger partial charge on any atom is -0.480 e. The van der Waals surface area contributed by atoms with Crippen molar-refractivity contribution in [2.45, 2.75) is 23.1 Å². The standard InChI is InChI=1S/C20H20N8O7S2/c1-35-24-13(9-3-2-4-11(21)5-9)16(31)22-14-17(32)28-15(19(33)34)10(7-36-18(14)28)8-37-20-23-25-26-27(20)6-12(29)30/h2-5,14,18H,6-8,21H2,1H3,(H,22,31)(H,29,30)(H,33,34)/t14?,18-/m1/s1. The highest BCUT2D eigenvalue weighted by Gasteiger charge is 2.54. The zero-order chi connectivity index (χ0) is 26.7. The number of carboxylic acids is 2. The fraction of sp³-hybridized carbons (Fsp3) is 0.300. The van der Waals surface area contributed by atoms with E-state index >= 15 is 0 Å². The Hall–Kier alpha value is -4.12. The molecular weight excluding hydrogens is 528 g/mol. The Balaban J connectivity index is 1.49. The molecule has 1 fully saturated rings. The average molecular weight is 549 g/mol. The third-order valence-electron chi connectivity index (χ3n) is 5.25. The first-order valence-electron chi connectivity index (χ1n) is 10.5. The van der Waals surface area contributed by atoms with Crippen LogP contribution in [-0.2, 0) is 30.6 Å². The van der Waals surface area contributed by atoms with Crippen molar-refractivity contribution in [2.75, 3.05) is 24.3 Å². The Morgan fingerprint density at radius 2 is 2.14 bits per heavy atom. The molecule has 2 aliphatic heterocycles. The number of nitrogens with one attached hydrogen (secondary N) is 1. The monoisotopic (exact) mass is 548 g/mol. The SMILES string of the molecule is CON=C(C(=O)NC1C(=O)N2C(C(=O)O)=C(CSc3nnnn3CC(=O)O)CS[C@H]12)c1cccc(N)c1.